The predicted molar refractivity (Wildman–Crippen MR) is 109 cm³/mol. The highest BCUT2D eigenvalue weighted by atomic mass is 19.1. The van der Waals surface area contributed by atoms with Crippen molar-refractivity contribution in [3.8, 4) is 0 Å². The van der Waals surface area contributed by atoms with Gasteiger partial charge in [0.1, 0.15) is 18.2 Å². The zero-order chi connectivity index (χ0) is 20.3. The molecule has 2 N–H and O–H groups in total. The first kappa shape index (κ1) is 19.8. The number of guanidine groups is 1. The number of nitrogens with zero attached hydrogens (tertiary/aromatic N) is 4. The molecule has 2 heterocycles. The quantitative estimate of drug-likeness (QED) is 0.550. The Balaban J connectivity index is 1.41. The standard InChI is InChI=1S/C21H29FN6O/c1-3-23-20(24-14-21(9-10-21)15-5-4-6-16(22)11-15)25-17-7-8-19-26-18(13-29-2)27-28(19)12-17/h4-6,11,17H,3,7-10,12-14H2,1-2H3,(H2,23,24,25). The summed E-state index contributed by atoms with van der Waals surface area (Å²) in [7, 11) is 1.65. The first-order valence-corrected chi connectivity index (χ1v) is 10.3. The van der Waals surface area contributed by atoms with Gasteiger partial charge in [-0.05, 0) is 43.9 Å². The molecule has 0 spiro atoms. The highest BCUT2D eigenvalue weighted by Crippen LogP contribution is 2.48. The summed E-state index contributed by atoms with van der Waals surface area (Å²) in [5.74, 6) is 2.37. The van der Waals surface area contributed by atoms with Crippen molar-refractivity contribution in [3.05, 3.63) is 47.3 Å². The van der Waals surface area contributed by atoms with E-state index < -0.39 is 0 Å². The van der Waals surface area contributed by atoms with E-state index in [9.17, 15) is 4.39 Å². The highest BCUT2D eigenvalue weighted by Gasteiger charge is 2.44. The second kappa shape index (κ2) is 8.49. The third-order valence-electron chi connectivity index (χ3n) is 5.69. The molecule has 0 amide bonds. The molecule has 1 unspecified atom stereocenters. The second-order valence-corrected chi connectivity index (χ2v) is 7.93. The van der Waals surface area contributed by atoms with Gasteiger partial charge in [-0.1, -0.05) is 12.1 Å². The van der Waals surface area contributed by atoms with Gasteiger partial charge in [0.25, 0.3) is 0 Å². The van der Waals surface area contributed by atoms with Crippen LogP contribution < -0.4 is 10.6 Å². The van der Waals surface area contributed by atoms with Crippen LogP contribution in [0.3, 0.4) is 0 Å². The summed E-state index contributed by atoms with van der Waals surface area (Å²) in [6, 6.07) is 7.17. The lowest BCUT2D eigenvalue weighted by Crippen LogP contribution is -2.47. The molecule has 0 bridgehead atoms. The number of aromatic nitrogens is 3. The maximum atomic E-state index is 13.6. The molecule has 2 aromatic rings. The number of nitrogens with one attached hydrogen (secondary N) is 2. The molecule has 0 saturated heterocycles. The largest absolute Gasteiger partial charge is 0.377 e. The summed E-state index contributed by atoms with van der Waals surface area (Å²) in [6.45, 7) is 4.70. The van der Waals surface area contributed by atoms with Crippen molar-refractivity contribution in [1.29, 1.82) is 0 Å². The van der Waals surface area contributed by atoms with Gasteiger partial charge in [-0.2, -0.15) is 5.10 Å². The van der Waals surface area contributed by atoms with Crippen molar-refractivity contribution in [1.82, 2.24) is 25.4 Å². The molecule has 8 heteroatoms. The van der Waals surface area contributed by atoms with E-state index in [2.05, 4.69) is 27.6 Å². The average molecular weight is 401 g/mol. The minimum absolute atomic E-state index is 0.0227. The third-order valence-corrected chi connectivity index (χ3v) is 5.69. The normalized spacial score (nSPS) is 20.2. The Labute approximate surface area is 170 Å². The highest BCUT2D eigenvalue weighted by molar-refractivity contribution is 5.80. The van der Waals surface area contributed by atoms with Crippen molar-refractivity contribution in [3.63, 3.8) is 0 Å². The number of hydrogen-bond acceptors (Lipinski definition) is 4. The molecule has 1 atom stereocenters. The Hall–Kier alpha value is -2.48. The Morgan fingerprint density at radius 1 is 1.41 bits per heavy atom. The molecule has 1 aliphatic heterocycles. The van der Waals surface area contributed by atoms with Crippen LogP contribution in [0, 0.1) is 5.82 Å². The van der Waals surface area contributed by atoms with Crippen LogP contribution in [0.4, 0.5) is 4.39 Å². The third kappa shape index (κ3) is 4.58. The lowest BCUT2D eigenvalue weighted by molar-refractivity contribution is 0.177. The monoisotopic (exact) mass is 400 g/mol. The fourth-order valence-corrected chi connectivity index (χ4v) is 3.92. The number of fused-ring (bicyclic) bond motifs is 1. The van der Waals surface area contributed by atoms with Gasteiger partial charge >= 0.3 is 0 Å². The molecule has 1 fully saturated rings. The van der Waals surface area contributed by atoms with Crippen LogP contribution >= 0.6 is 0 Å². The number of methoxy groups -OCH3 is 1. The second-order valence-electron chi connectivity index (χ2n) is 7.93. The molecule has 0 radical (unpaired) electrons. The van der Waals surface area contributed by atoms with Crippen LogP contribution in [0.1, 0.15) is 43.4 Å². The van der Waals surface area contributed by atoms with Crippen LogP contribution in [0.25, 0.3) is 0 Å². The number of ether oxygens (including phenoxy) is 1. The SMILES string of the molecule is CCNC(=NCC1(c2cccc(F)c2)CC1)NC1CCc2nc(COC)nn2C1. The van der Waals surface area contributed by atoms with E-state index in [1.54, 1.807) is 19.2 Å². The van der Waals surface area contributed by atoms with Crippen LogP contribution in [-0.4, -0.2) is 47.0 Å². The van der Waals surface area contributed by atoms with E-state index in [1.807, 2.05) is 10.7 Å². The van der Waals surface area contributed by atoms with E-state index in [-0.39, 0.29) is 17.3 Å². The van der Waals surface area contributed by atoms with Crippen molar-refractivity contribution in [2.45, 2.75) is 57.2 Å². The summed E-state index contributed by atoms with van der Waals surface area (Å²) in [5, 5.41) is 11.4. The van der Waals surface area contributed by atoms with Crippen molar-refractivity contribution in [2.75, 3.05) is 20.2 Å². The summed E-state index contributed by atoms with van der Waals surface area (Å²) in [5.41, 5.74) is 1.03. The summed E-state index contributed by atoms with van der Waals surface area (Å²) < 4.78 is 20.7. The minimum Gasteiger partial charge on any atom is -0.377 e. The van der Waals surface area contributed by atoms with Crippen LogP contribution in [0.2, 0.25) is 0 Å². The summed E-state index contributed by atoms with van der Waals surface area (Å²) in [6.07, 6.45) is 3.95. The van der Waals surface area contributed by atoms with Crippen molar-refractivity contribution in [2.24, 2.45) is 4.99 Å². The molecule has 4 rings (SSSR count). The molecule has 2 aliphatic rings. The number of benzene rings is 1. The van der Waals surface area contributed by atoms with Crippen LogP contribution in [-0.2, 0) is 29.7 Å². The molecule has 7 nitrogen and oxygen atoms in total. The Bertz CT molecular complexity index is 876. The Morgan fingerprint density at radius 2 is 2.28 bits per heavy atom. The number of hydrogen-bond donors (Lipinski definition) is 2. The number of rotatable bonds is 7. The average Bonchev–Trinajstić information content (AvgIpc) is 3.40. The number of halogens is 1. The zero-order valence-electron chi connectivity index (χ0n) is 17.1. The van der Waals surface area contributed by atoms with E-state index >= 15 is 0 Å². The zero-order valence-corrected chi connectivity index (χ0v) is 17.1. The molecule has 1 saturated carbocycles. The first-order chi connectivity index (χ1) is 14.1. The Morgan fingerprint density at radius 3 is 3.00 bits per heavy atom. The molecule has 156 valence electrons. The fourth-order valence-electron chi connectivity index (χ4n) is 3.92. The van der Waals surface area contributed by atoms with Crippen LogP contribution in [0.5, 0.6) is 0 Å². The lowest BCUT2D eigenvalue weighted by Gasteiger charge is -2.25. The van der Waals surface area contributed by atoms with E-state index in [4.69, 9.17) is 9.73 Å². The van der Waals surface area contributed by atoms with Crippen LogP contribution in [0.15, 0.2) is 29.3 Å². The van der Waals surface area contributed by atoms with E-state index in [1.165, 1.54) is 6.07 Å². The Kier molecular flexibility index (Phi) is 5.80. The molecule has 29 heavy (non-hydrogen) atoms. The first-order valence-electron chi connectivity index (χ1n) is 10.3. The molecule has 1 aliphatic carbocycles. The smallest absolute Gasteiger partial charge is 0.191 e. The van der Waals surface area contributed by atoms with Crippen molar-refractivity contribution < 1.29 is 9.13 Å². The maximum absolute atomic E-state index is 13.6. The van der Waals surface area contributed by atoms with Gasteiger partial charge in [0.2, 0.25) is 0 Å². The maximum Gasteiger partial charge on any atom is 0.191 e. The number of aryl methyl sites for hydroxylation is 1. The van der Waals surface area contributed by atoms with Gasteiger partial charge < -0.3 is 15.4 Å². The van der Waals surface area contributed by atoms with Gasteiger partial charge in [-0.25, -0.2) is 14.1 Å². The van der Waals surface area contributed by atoms with E-state index in [0.29, 0.717) is 13.2 Å². The fraction of sp³-hybridized carbons (Fsp3) is 0.571. The van der Waals surface area contributed by atoms with Gasteiger partial charge in [0, 0.05) is 31.5 Å². The van der Waals surface area contributed by atoms with Gasteiger partial charge in [-0.3, -0.25) is 4.99 Å². The number of aliphatic imine (C=N–C) groups is 1. The lowest BCUT2D eigenvalue weighted by atomic mass is 9.96. The topological polar surface area (TPSA) is 76.4 Å². The summed E-state index contributed by atoms with van der Waals surface area (Å²) in [4.78, 5) is 9.38. The predicted octanol–water partition coefficient (Wildman–Crippen LogP) is 2.17. The minimum atomic E-state index is -0.179. The van der Waals surface area contributed by atoms with Gasteiger partial charge in [0.15, 0.2) is 11.8 Å². The molecular weight excluding hydrogens is 371 g/mol. The van der Waals surface area contributed by atoms with E-state index in [0.717, 1.165) is 61.9 Å². The van der Waals surface area contributed by atoms with Crippen molar-refractivity contribution >= 4 is 5.96 Å². The molecule has 1 aromatic heterocycles. The van der Waals surface area contributed by atoms with Gasteiger partial charge in [0.05, 0.1) is 13.1 Å². The molecular formula is C21H29FN6O. The summed E-state index contributed by atoms with van der Waals surface area (Å²) >= 11 is 0. The van der Waals surface area contributed by atoms with Gasteiger partial charge in [-0.15, -0.1) is 0 Å². The molecule has 1 aromatic carbocycles.